The maximum absolute atomic E-state index is 12.7. The number of Topliss-reactive ketones (excluding diaryl/α,β-unsaturated/α-hetero) is 1. The van der Waals surface area contributed by atoms with Crippen molar-refractivity contribution in [2.75, 3.05) is 13.7 Å². The van der Waals surface area contributed by atoms with Crippen LogP contribution in [0.1, 0.15) is 43.0 Å². The number of hydrogen-bond acceptors (Lipinski definition) is 4. The summed E-state index contributed by atoms with van der Waals surface area (Å²) >= 11 is 0. The van der Waals surface area contributed by atoms with Gasteiger partial charge in [-0.3, -0.25) is 9.78 Å². The molecule has 3 rings (SSSR count). The predicted molar refractivity (Wildman–Crippen MR) is 77.0 cm³/mol. The molecule has 0 aliphatic carbocycles. The molecule has 1 aromatic heterocycles. The number of hydrogen-bond donors (Lipinski definition) is 0. The first-order valence-corrected chi connectivity index (χ1v) is 7.53. The van der Waals surface area contributed by atoms with Crippen LogP contribution in [-0.2, 0) is 0 Å². The van der Waals surface area contributed by atoms with Crippen molar-refractivity contribution in [3.63, 3.8) is 0 Å². The van der Waals surface area contributed by atoms with Gasteiger partial charge in [-0.25, -0.2) is 0 Å². The van der Waals surface area contributed by atoms with Crippen LogP contribution < -0.4 is 4.74 Å². The highest BCUT2D eigenvalue weighted by Crippen LogP contribution is 2.38. The van der Waals surface area contributed by atoms with E-state index < -0.39 is 0 Å². The standard InChI is InChI=1S/C16H22N2O2/c1-3-20-15-8-12(9-17-10-15)16(19)11-6-13-4-5-14(7-11)18(13)2/h8-11,13-14H,3-7H2,1-2H3. The van der Waals surface area contributed by atoms with Crippen molar-refractivity contribution < 1.29 is 9.53 Å². The van der Waals surface area contributed by atoms with Crippen molar-refractivity contribution in [3.8, 4) is 5.75 Å². The van der Waals surface area contributed by atoms with E-state index in [2.05, 4.69) is 16.9 Å². The lowest BCUT2D eigenvalue weighted by Crippen LogP contribution is -2.42. The second kappa shape index (κ2) is 5.52. The largest absolute Gasteiger partial charge is 0.492 e. The van der Waals surface area contributed by atoms with E-state index in [1.807, 2.05) is 13.0 Å². The molecule has 0 amide bonds. The maximum Gasteiger partial charge on any atom is 0.167 e. The van der Waals surface area contributed by atoms with Gasteiger partial charge in [-0.05, 0) is 45.7 Å². The number of nitrogens with zero attached hydrogens (tertiary/aromatic N) is 2. The normalized spacial score (nSPS) is 29.4. The summed E-state index contributed by atoms with van der Waals surface area (Å²) in [6, 6.07) is 3.01. The Morgan fingerprint density at radius 2 is 2.05 bits per heavy atom. The number of pyridine rings is 1. The summed E-state index contributed by atoms with van der Waals surface area (Å²) in [5.74, 6) is 1.08. The average Bonchev–Trinajstić information content (AvgIpc) is 2.68. The van der Waals surface area contributed by atoms with Gasteiger partial charge in [0.1, 0.15) is 5.75 Å². The van der Waals surface area contributed by atoms with E-state index in [0.29, 0.717) is 30.0 Å². The van der Waals surface area contributed by atoms with E-state index in [0.717, 1.165) is 12.8 Å². The molecule has 0 N–H and O–H groups in total. The SMILES string of the molecule is CCOc1cncc(C(=O)C2CC3CCC(C2)N3C)c1. The van der Waals surface area contributed by atoms with Crippen LogP contribution in [0.5, 0.6) is 5.75 Å². The molecule has 108 valence electrons. The molecule has 2 aliphatic rings. The molecule has 20 heavy (non-hydrogen) atoms. The van der Waals surface area contributed by atoms with Gasteiger partial charge in [-0.1, -0.05) is 0 Å². The fourth-order valence-corrected chi connectivity index (χ4v) is 3.66. The topological polar surface area (TPSA) is 42.4 Å². The first kappa shape index (κ1) is 13.6. The molecule has 4 heteroatoms. The van der Waals surface area contributed by atoms with Gasteiger partial charge < -0.3 is 9.64 Å². The minimum absolute atomic E-state index is 0.155. The van der Waals surface area contributed by atoms with Crippen molar-refractivity contribution in [1.82, 2.24) is 9.88 Å². The van der Waals surface area contributed by atoms with E-state index in [4.69, 9.17) is 4.74 Å². The van der Waals surface area contributed by atoms with Crippen molar-refractivity contribution in [3.05, 3.63) is 24.0 Å². The molecule has 2 atom stereocenters. The number of piperidine rings is 1. The number of ketones is 1. The van der Waals surface area contributed by atoms with E-state index in [1.54, 1.807) is 12.4 Å². The predicted octanol–water partition coefficient (Wildman–Crippen LogP) is 2.54. The molecular weight excluding hydrogens is 252 g/mol. The number of fused-ring (bicyclic) bond motifs is 2. The molecule has 4 nitrogen and oxygen atoms in total. The molecule has 0 radical (unpaired) electrons. The molecule has 3 heterocycles. The van der Waals surface area contributed by atoms with Crippen LogP contribution in [0.15, 0.2) is 18.5 Å². The number of carbonyl (C=O) groups excluding carboxylic acids is 1. The van der Waals surface area contributed by atoms with Crippen LogP contribution in [-0.4, -0.2) is 41.4 Å². The van der Waals surface area contributed by atoms with Gasteiger partial charge in [0.05, 0.1) is 12.8 Å². The Balaban J connectivity index is 1.74. The van der Waals surface area contributed by atoms with Gasteiger partial charge in [0.25, 0.3) is 0 Å². The molecule has 2 bridgehead atoms. The Hall–Kier alpha value is -1.42. The molecular formula is C16H22N2O2. The lowest BCUT2D eigenvalue weighted by atomic mass is 9.85. The highest BCUT2D eigenvalue weighted by Gasteiger charge is 2.41. The van der Waals surface area contributed by atoms with Crippen LogP contribution in [0.4, 0.5) is 0 Å². The smallest absolute Gasteiger partial charge is 0.167 e. The number of ether oxygens (including phenoxy) is 1. The van der Waals surface area contributed by atoms with Crippen LogP contribution >= 0.6 is 0 Å². The summed E-state index contributed by atoms with van der Waals surface area (Å²) < 4.78 is 5.43. The van der Waals surface area contributed by atoms with Crippen LogP contribution in [0.25, 0.3) is 0 Å². The lowest BCUT2D eigenvalue weighted by molar-refractivity contribution is 0.0766. The second-order valence-electron chi connectivity index (χ2n) is 5.93. The van der Waals surface area contributed by atoms with E-state index in [1.165, 1.54) is 12.8 Å². The minimum Gasteiger partial charge on any atom is -0.492 e. The Bertz CT molecular complexity index is 489. The Kier molecular flexibility index (Phi) is 3.74. The van der Waals surface area contributed by atoms with Crippen molar-refractivity contribution in [1.29, 1.82) is 0 Å². The Labute approximate surface area is 120 Å². The molecule has 1 aromatic rings. The quantitative estimate of drug-likeness (QED) is 0.791. The molecule has 2 unspecified atom stereocenters. The van der Waals surface area contributed by atoms with Crippen LogP contribution in [0.2, 0.25) is 0 Å². The molecule has 2 saturated heterocycles. The second-order valence-corrected chi connectivity index (χ2v) is 5.93. The minimum atomic E-state index is 0.155. The third-order valence-corrected chi connectivity index (χ3v) is 4.78. The van der Waals surface area contributed by atoms with Crippen LogP contribution in [0.3, 0.4) is 0 Å². The summed E-state index contributed by atoms with van der Waals surface area (Å²) in [5.41, 5.74) is 0.699. The molecule has 2 aliphatic heterocycles. The molecule has 0 saturated carbocycles. The number of aromatic nitrogens is 1. The third kappa shape index (κ3) is 2.44. The van der Waals surface area contributed by atoms with Gasteiger partial charge in [-0.15, -0.1) is 0 Å². The summed E-state index contributed by atoms with van der Waals surface area (Å²) in [5, 5.41) is 0. The lowest BCUT2D eigenvalue weighted by Gasteiger charge is -2.35. The first-order chi connectivity index (χ1) is 9.69. The fourth-order valence-electron chi connectivity index (χ4n) is 3.66. The fraction of sp³-hybridized carbons (Fsp3) is 0.625. The van der Waals surface area contributed by atoms with E-state index in [9.17, 15) is 4.79 Å². The molecule has 0 aromatic carbocycles. The highest BCUT2D eigenvalue weighted by molar-refractivity contribution is 5.98. The van der Waals surface area contributed by atoms with Gasteiger partial charge in [0, 0.05) is 29.8 Å². The number of rotatable bonds is 4. The van der Waals surface area contributed by atoms with Crippen molar-refractivity contribution in [2.45, 2.75) is 44.7 Å². The van der Waals surface area contributed by atoms with Crippen molar-refractivity contribution in [2.24, 2.45) is 5.92 Å². The molecule has 0 spiro atoms. The highest BCUT2D eigenvalue weighted by atomic mass is 16.5. The number of carbonyl (C=O) groups is 1. The van der Waals surface area contributed by atoms with Gasteiger partial charge in [0.15, 0.2) is 5.78 Å². The van der Waals surface area contributed by atoms with Gasteiger partial charge >= 0.3 is 0 Å². The summed E-state index contributed by atoms with van der Waals surface area (Å²) in [7, 11) is 2.19. The summed E-state index contributed by atoms with van der Waals surface area (Å²) in [6.45, 7) is 2.53. The van der Waals surface area contributed by atoms with E-state index >= 15 is 0 Å². The van der Waals surface area contributed by atoms with Gasteiger partial charge in [-0.2, -0.15) is 0 Å². The van der Waals surface area contributed by atoms with E-state index in [-0.39, 0.29) is 11.7 Å². The maximum atomic E-state index is 12.7. The summed E-state index contributed by atoms with van der Waals surface area (Å²) in [6.07, 6.45) is 7.80. The van der Waals surface area contributed by atoms with Crippen molar-refractivity contribution >= 4 is 5.78 Å². The average molecular weight is 274 g/mol. The zero-order chi connectivity index (χ0) is 14.1. The summed E-state index contributed by atoms with van der Waals surface area (Å²) in [4.78, 5) is 19.3. The Morgan fingerprint density at radius 3 is 2.70 bits per heavy atom. The zero-order valence-corrected chi connectivity index (χ0v) is 12.2. The first-order valence-electron chi connectivity index (χ1n) is 7.53. The van der Waals surface area contributed by atoms with Crippen LogP contribution in [0, 0.1) is 5.92 Å². The third-order valence-electron chi connectivity index (χ3n) is 4.78. The monoisotopic (exact) mass is 274 g/mol. The Morgan fingerprint density at radius 1 is 1.35 bits per heavy atom. The zero-order valence-electron chi connectivity index (χ0n) is 12.2. The van der Waals surface area contributed by atoms with Gasteiger partial charge in [0.2, 0.25) is 0 Å². The molecule has 2 fully saturated rings.